The number of aromatic hydroxyl groups is 1. The van der Waals surface area contributed by atoms with Crippen LogP contribution in [-0.4, -0.2) is 20.1 Å². The highest BCUT2D eigenvalue weighted by Crippen LogP contribution is 2.32. The van der Waals surface area contributed by atoms with Crippen LogP contribution >= 0.6 is 0 Å². The molecule has 0 fully saturated rings. The Morgan fingerprint density at radius 1 is 1.17 bits per heavy atom. The summed E-state index contributed by atoms with van der Waals surface area (Å²) in [5, 5.41) is 9.93. The number of rotatable bonds is 1. The van der Waals surface area contributed by atoms with Gasteiger partial charge < -0.3 is 15.8 Å². The van der Waals surface area contributed by atoms with Crippen molar-refractivity contribution in [2.24, 2.45) is 0 Å². The van der Waals surface area contributed by atoms with Gasteiger partial charge in [-0.15, -0.1) is 0 Å². The predicted molar refractivity (Wildman–Crippen MR) is 70.1 cm³/mol. The summed E-state index contributed by atoms with van der Waals surface area (Å²) in [5.74, 6) is 0.598. The third-order valence-electron chi connectivity index (χ3n) is 2.81. The summed E-state index contributed by atoms with van der Waals surface area (Å²) in [5.41, 5.74) is 8.94. The lowest BCUT2D eigenvalue weighted by molar-refractivity contribution is 0.479. The minimum atomic E-state index is 0.0354. The molecular formula is C13H12N4O. The number of aromatic amines is 1. The van der Waals surface area contributed by atoms with Crippen LogP contribution in [0.1, 0.15) is 5.69 Å². The van der Waals surface area contributed by atoms with E-state index < -0.39 is 0 Å². The molecule has 0 aliphatic carbocycles. The number of anilines is 1. The van der Waals surface area contributed by atoms with Crippen molar-refractivity contribution in [3.05, 3.63) is 36.0 Å². The predicted octanol–water partition coefficient (Wildman–Crippen LogP) is 2.22. The SMILES string of the molecule is Cc1ccc2[nH]c(-c3cccc(N)c3O)nc2n1. The first-order chi connectivity index (χ1) is 8.65. The lowest BCUT2D eigenvalue weighted by Crippen LogP contribution is -1.88. The van der Waals surface area contributed by atoms with E-state index in [1.54, 1.807) is 18.2 Å². The van der Waals surface area contributed by atoms with Gasteiger partial charge in [-0.25, -0.2) is 9.97 Å². The molecule has 3 aromatic rings. The van der Waals surface area contributed by atoms with Crippen molar-refractivity contribution in [3.8, 4) is 17.1 Å². The van der Waals surface area contributed by atoms with Crippen molar-refractivity contribution in [3.63, 3.8) is 0 Å². The first-order valence-electron chi connectivity index (χ1n) is 5.56. The Morgan fingerprint density at radius 2 is 2.00 bits per heavy atom. The van der Waals surface area contributed by atoms with Crippen LogP contribution in [0.25, 0.3) is 22.6 Å². The molecule has 2 aromatic heterocycles. The fourth-order valence-corrected chi connectivity index (χ4v) is 1.87. The van der Waals surface area contributed by atoms with E-state index in [-0.39, 0.29) is 5.75 Å². The van der Waals surface area contributed by atoms with Gasteiger partial charge in [-0.2, -0.15) is 0 Å². The van der Waals surface area contributed by atoms with E-state index in [0.29, 0.717) is 22.7 Å². The summed E-state index contributed by atoms with van der Waals surface area (Å²) in [6, 6.07) is 9.00. The van der Waals surface area contributed by atoms with Crippen molar-refractivity contribution >= 4 is 16.9 Å². The molecule has 0 bridgehead atoms. The van der Waals surface area contributed by atoms with E-state index in [4.69, 9.17) is 5.73 Å². The minimum Gasteiger partial charge on any atom is -0.505 e. The number of pyridine rings is 1. The second kappa shape index (κ2) is 3.73. The molecule has 0 aliphatic heterocycles. The van der Waals surface area contributed by atoms with Gasteiger partial charge in [0, 0.05) is 5.69 Å². The molecule has 0 saturated carbocycles. The van der Waals surface area contributed by atoms with E-state index in [1.165, 1.54) is 0 Å². The molecule has 5 nitrogen and oxygen atoms in total. The Bertz CT molecular complexity index is 733. The van der Waals surface area contributed by atoms with Crippen LogP contribution in [0.3, 0.4) is 0 Å². The smallest absolute Gasteiger partial charge is 0.178 e. The lowest BCUT2D eigenvalue weighted by Gasteiger charge is -2.03. The molecule has 90 valence electrons. The van der Waals surface area contributed by atoms with Crippen LogP contribution < -0.4 is 5.73 Å². The van der Waals surface area contributed by atoms with Gasteiger partial charge in [0.15, 0.2) is 5.65 Å². The molecule has 0 spiro atoms. The van der Waals surface area contributed by atoms with E-state index in [1.807, 2.05) is 19.1 Å². The number of hydrogen-bond donors (Lipinski definition) is 3. The second-order valence-electron chi connectivity index (χ2n) is 4.15. The third kappa shape index (κ3) is 1.57. The standard InChI is InChI=1S/C13H12N4O/c1-7-5-6-10-13(15-7)17-12(16-10)8-3-2-4-9(14)11(8)18/h2-6,18H,14H2,1H3,(H,15,16,17). The van der Waals surface area contributed by atoms with Crippen LogP contribution in [0.4, 0.5) is 5.69 Å². The van der Waals surface area contributed by atoms with Gasteiger partial charge in [0.1, 0.15) is 11.6 Å². The highest BCUT2D eigenvalue weighted by molar-refractivity contribution is 5.80. The zero-order chi connectivity index (χ0) is 12.7. The van der Waals surface area contributed by atoms with Crippen molar-refractivity contribution < 1.29 is 5.11 Å². The Morgan fingerprint density at radius 3 is 2.83 bits per heavy atom. The number of H-pyrrole nitrogens is 1. The number of benzene rings is 1. The lowest BCUT2D eigenvalue weighted by atomic mass is 10.1. The maximum atomic E-state index is 9.93. The maximum Gasteiger partial charge on any atom is 0.178 e. The summed E-state index contributed by atoms with van der Waals surface area (Å²) in [6.45, 7) is 1.91. The summed E-state index contributed by atoms with van der Waals surface area (Å²) in [7, 11) is 0. The number of phenols is 1. The Hall–Kier alpha value is -2.56. The topological polar surface area (TPSA) is 87.8 Å². The van der Waals surface area contributed by atoms with Crippen LogP contribution in [0, 0.1) is 6.92 Å². The van der Waals surface area contributed by atoms with E-state index in [9.17, 15) is 5.11 Å². The number of aromatic nitrogens is 3. The summed E-state index contributed by atoms with van der Waals surface area (Å²) < 4.78 is 0. The quantitative estimate of drug-likeness (QED) is 0.449. The zero-order valence-corrected chi connectivity index (χ0v) is 9.81. The van der Waals surface area contributed by atoms with E-state index in [0.717, 1.165) is 11.2 Å². The summed E-state index contributed by atoms with van der Waals surface area (Å²) >= 11 is 0. The number of nitrogens with one attached hydrogen (secondary N) is 1. The van der Waals surface area contributed by atoms with Crippen LogP contribution in [0.15, 0.2) is 30.3 Å². The average Bonchev–Trinajstić information content (AvgIpc) is 2.75. The molecule has 0 aliphatic rings. The van der Waals surface area contributed by atoms with Gasteiger partial charge in [0.2, 0.25) is 0 Å². The van der Waals surface area contributed by atoms with Crippen LogP contribution in [0.5, 0.6) is 5.75 Å². The Balaban J connectivity index is 2.22. The molecule has 0 amide bonds. The highest BCUT2D eigenvalue weighted by Gasteiger charge is 2.11. The molecular weight excluding hydrogens is 228 g/mol. The highest BCUT2D eigenvalue weighted by atomic mass is 16.3. The number of para-hydroxylation sites is 1. The number of nitrogens with two attached hydrogens (primary N) is 1. The Labute approximate surface area is 103 Å². The van der Waals surface area contributed by atoms with Crippen LogP contribution in [0.2, 0.25) is 0 Å². The van der Waals surface area contributed by atoms with E-state index in [2.05, 4.69) is 15.0 Å². The number of hydrogen-bond acceptors (Lipinski definition) is 4. The molecule has 5 heteroatoms. The monoisotopic (exact) mass is 240 g/mol. The zero-order valence-electron chi connectivity index (χ0n) is 9.81. The fraction of sp³-hybridized carbons (Fsp3) is 0.0769. The second-order valence-corrected chi connectivity index (χ2v) is 4.15. The number of nitrogens with zero attached hydrogens (tertiary/aromatic N) is 2. The molecule has 18 heavy (non-hydrogen) atoms. The molecule has 3 rings (SSSR count). The van der Waals surface area contributed by atoms with Gasteiger partial charge in [-0.3, -0.25) is 0 Å². The normalized spacial score (nSPS) is 10.9. The third-order valence-corrected chi connectivity index (χ3v) is 2.81. The number of nitrogen functional groups attached to an aromatic ring is 1. The molecule has 0 atom stereocenters. The Kier molecular flexibility index (Phi) is 2.19. The molecule has 0 unspecified atom stereocenters. The molecule has 1 aromatic carbocycles. The first kappa shape index (κ1) is 10.6. The van der Waals surface area contributed by atoms with Crippen molar-refractivity contribution in [1.29, 1.82) is 0 Å². The van der Waals surface area contributed by atoms with Gasteiger partial charge in [-0.1, -0.05) is 6.07 Å². The van der Waals surface area contributed by atoms with Crippen molar-refractivity contribution in [2.75, 3.05) is 5.73 Å². The molecule has 0 saturated heterocycles. The summed E-state index contributed by atoms with van der Waals surface area (Å²) in [6.07, 6.45) is 0. The number of imidazole rings is 1. The van der Waals surface area contributed by atoms with E-state index >= 15 is 0 Å². The minimum absolute atomic E-state index is 0.0354. The summed E-state index contributed by atoms with van der Waals surface area (Å²) in [4.78, 5) is 11.8. The maximum absolute atomic E-state index is 9.93. The van der Waals surface area contributed by atoms with Crippen molar-refractivity contribution in [1.82, 2.24) is 15.0 Å². The van der Waals surface area contributed by atoms with Gasteiger partial charge in [-0.05, 0) is 31.2 Å². The number of aryl methyl sites for hydroxylation is 1. The molecule has 4 N–H and O–H groups in total. The van der Waals surface area contributed by atoms with Crippen molar-refractivity contribution in [2.45, 2.75) is 6.92 Å². The average molecular weight is 240 g/mol. The number of fused-ring (bicyclic) bond motifs is 1. The molecule has 0 radical (unpaired) electrons. The molecule has 2 heterocycles. The first-order valence-corrected chi connectivity index (χ1v) is 5.56. The van der Waals surface area contributed by atoms with Gasteiger partial charge in [0.05, 0.1) is 16.8 Å². The largest absolute Gasteiger partial charge is 0.505 e. The number of phenolic OH excluding ortho intramolecular Hbond substituents is 1. The van der Waals surface area contributed by atoms with Crippen LogP contribution in [-0.2, 0) is 0 Å². The van der Waals surface area contributed by atoms with Gasteiger partial charge in [0.25, 0.3) is 0 Å². The van der Waals surface area contributed by atoms with Gasteiger partial charge >= 0.3 is 0 Å². The fourth-order valence-electron chi connectivity index (χ4n) is 1.87.